The molecule has 1 fully saturated rings. The van der Waals surface area contributed by atoms with Crippen molar-refractivity contribution < 1.29 is 22.7 Å². The van der Waals surface area contributed by atoms with E-state index in [2.05, 4.69) is 15.3 Å². The van der Waals surface area contributed by atoms with Crippen LogP contribution in [0.25, 0.3) is 0 Å². The first-order chi connectivity index (χ1) is 14.3. The van der Waals surface area contributed by atoms with Gasteiger partial charge >= 0.3 is 0 Å². The number of amides is 1. The van der Waals surface area contributed by atoms with Crippen molar-refractivity contribution in [1.29, 1.82) is 0 Å². The summed E-state index contributed by atoms with van der Waals surface area (Å²) in [6, 6.07) is 5.15. The molecule has 0 radical (unpaired) electrons. The molecule has 11 heteroatoms. The topological polar surface area (TPSA) is 89.6 Å². The highest BCUT2D eigenvalue weighted by Crippen LogP contribution is 2.61. The highest BCUT2D eigenvalue weighted by molar-refractivity contribution is 8.15. The molecular formula is C19H18ClF3N4O2S. The smallest absolute Gasteiger partial charge is 0.274 e. The first-order valence-corrected chi connectivity index (χ1v) is 9.95. The van der Waals surface area contributed by atoms with Crippen molar-refractivity contribution in [3.05, 3.63) is 58.4 Å². The van der Waals surface area contributed by atoms with E-state index in [1.165, 1.54) is 31.5 Å². The van der Waals surface area contributed by atoms with Crippen LogP contribution in [-0.4, -0.2) is 41.3 Å². The number of methoxy groups -OCH3 is 1. The van der Waals surface area contributed by atoms with Gasteiger partial charge in [-0.1, -0.05) is 23.4 Å². The zero-order chi connectivity index (χ0) is 21.9. The average molecular weight is 459 g/mol. The number of nitrogens with two attached hydrogens (primary N) is 1. The second-order valence-electron chi connectivity index (χ2n) is 6.65. The van der Waals surface area contributed by atoms with Gasteiger partial charge in [-0.2, -0.15) is 0 Å². The normalized spacial score (nSPS) is 20.8. The molecule has 3 rings (SSSR count). The molecule has 1 heterocycles. The van der Waals surface area contributed by atoms with Crippen molar-refractivity contribution in [2.45, 2.75) is 17.1 Å². The Kier molecular flexibility index (Phi) is 6.89. The quantitative estimate of drug-likeness (QED) is 0.370. The number of amidine groups is 1. The van der Waals surface area contributed by atoms with E-state index in [9.17, 15) is 18.0 Å². The molecule has 1 aliphatic carbocycles. The standard InChI is InChI=1S/C19H18ClF3N4O2S/c1-29-8-19(30-18(24)26-9-21)6-13(19)12-4-11(5-14(22)16(12)23)27-17(28)15-3-2-10(20)7-25-15/h2-5,7,13H,6,8-9H2,1H3,(H2,24,26)(H,27,28)/t13-,19+/m1/s1. The molecule has 1 aromatic heterocycles. The van der Waals surface area contributed by atoms with Gasteiger partial charge < -0.3 is 15.8 Å². The Morgan fingerprint density at radius 1 is 1.47 bits per heavy atom. The van der Waals surface area contributed by atoms with Crippen LogP contribution in [0.15, 0.2) is 35.5 Å². The summed E-state index contributed by atoms with van der Waals surface area (Å²) < 4.78 is 45.7. The highest BCUT2D eigenvalue weighted by atomic mass is 35.5. The number of aliphatic imine (C=N–C) groups is 1. The van der Waals surface area contributed by atoms with Gasteiger partial charge in [0.2, 0.25) is 0 Å². The molecule has 0 saturated heterocycles. The average Bonchev–Trinajstić information content (AvgIpc) is 3.38. The molecule has 0 bridgehead atoms. The monoisotopic (exact) mass is 458 g/mol. The van der Waals surface area contributed by atoms with E-state index in [-0.39, 0.29) is 28.7 Å². The number of thioether (sulfide) groups is 1. The van der Waals surface area contributed by atoms with Crippen LogP contribution in [0.2, 0.25) is 5.02 Å². The molecule has 0 aliphatic heterocycles. The first-order valence-electron chi connectivity index (χ1n) is 8.75. The molecule has 0 unspecified atom stereocenters. The number of carbonyl (C=O) groups excluding carboxylic acids is 1. The summed E-state index contributed by atoms with van der Waals surface area (Å²) in [4.78, 5) is 19.7. The fraction of sp³-hybridized carbons (Fsp3) is 0.316. The number of halogens is 4. The number of anilines is 1. The van der Waals surface area contributed by atoms with Crippen LogP contribution in [0.4, 0.5) is 18.9 Å². The largest absolute Gasteiger partial charge is 0.383 e. The van der Waals surface area contributed by atoms with E-state index in [0.29, 0.717) is 11.4 Å². The van der Waals surface area contributed by atoms with Gasteiger partial charge in [-0.05, 0) is 30.2 Å². The predicted octanol–water partition coefficient (Wildman–Crippen LogP) is 4.11. The Bertz CT molecular complexity index is 977. The number of carbonyl (C=O) groups is 1. The Hall–Kier alpha value is -2.30. The highest BCUT2D eigenvalue weighted by Gasteiger charge is 2.57. The minimum atomic E-state index is -1.11. The fourth-order valence-electron chi connectivity index (χ4n) is 3.17. The van der Waals surface area contributed by atoms with Crippen molar-refractivity contribution >= 4 is 40.1 Å². The van der Waals surface area contributed by atoms with E-state index >= 15 is 0 Å². The lowest BCUT2D eigenvalue weighted by Gasteiger charge is -2.17. The second kappa shape index (κ2) is 9.23. The van der Waals surface area contributed by atoms with E-state index < -0.39 is 35.0 Å². The third-order valence-corrected chi connectivity index (χ3v) is 6.12. The van der Waals surface area contributed by atoms with Crippen molar-refractivity contribution in [3.8, 4) is 0 Å². The Labute approximate surface area is 180 Å². The summed E-state index contributed by atoms with van der Waals surface area (Å²) >= 11 is 6.81. The van der Waals surface area contributed by atoms with Crippen molar-refractivity contribution in [1.82, 2.24) is 4.98 Å². The Morgan fingerprint density at radius 3 is 2.87 bits per heavy atom. The van der Waals surface area contributed by atoms with Crippen molar-refractivity contribution in [2.75, 3.05) is 25.8 Å². The van der Waals surface area contributed by atoms with Gasteiger partial charge in [-0.15, -0.1) is 0 Å². The summed E-state index contributed by atoms with van der Waals surface area (Å²) in [5.41, 5.74) is 5.89. The lowest BCUT2D eigenvalue weighted by atomic mass is 10.1. The molecule has 0 spiro atoms. The van der Waals surface area contributed by atoms with Gasteiger partial charge in [0.05, 0.1) is 16.4 Å². The van der Waals surface area contributed by atoms with E-state index in [1.807, 2.05) is 0 Å². The van der Waals surface area contributed by atoms with Gasteiger partial charge in [0.15, 0.2) is 23.6 Å². The van der Waals surface area contributed by atoms with Crippen molar-refractivity contribution in [3.63, 3.8) is 0 Å². The number of hydrogen-bond donors (Lipinski definition) is 2. The van der Waals surface area contributed by atoms with Crippen LogP contribution < -0.4 is 11.1 Å². The maximum absolute atomic E-state index is 14.6. The SMILES string of the molecule is COC[C@@]1(S/C(N)=N\CF)C[C@@H]1c1cc(NC(=O)c2ccc(Cl)cn2)cc(F)c1F. The van der Waals surface area contributed by atoms with E-state index in [4.69, 9.17) is 22.1 Å². The van der Waals surface area contributed by atoms with Crippen LogP contribution >= 0.6 is 23.4 Å². The van der Waals surface area contributed by atoms with Gasteiger partial charge in [0.25, 0.3) is 5.91 Å². The van der Waals surface area contributed by atoms with Crippen molar-refractivity contribution in [2.24, 2.45) is 10.7 Å². The molecular weight excluding hydrogens is 441 g/mol. The lowest BCUT2D eigenvalue weighted by Crippen LogP contribution is -2.22. The number of benzene rings is 1. The molecule has 1 aromatic carbocycles. The second-order valence-corrected chi connectivity index (χ2v) is 8.52. The minimum Gasteiger partial charge on any atom is -0.383 e. The number of pyridine rings is 1. The molecule has 3 N–H and O–H groups in total. The molecule has 1 saturated carbocycles. The van der Waals surface area contributed by atoms with Crippen LogP contribution in [0.3, 0.4) is 0 Å². The third kappa shape index (κ3) is 4.88. The number of nitrogens with one attached hydrogen (secondary N) is 1. The Morgan fingerprint density at radius 2 is 2.23 bits per heavy atom. The molecule has 1 amide bonds. The molecule has 2 atom stereocenters. The van der Waals surface area contributed by atoms with Crippen LogP contribution in [0.5, 0.6) is 0 Å². The first kappa shape index (κ1) is 22.4. The number of aromatic nitrogens is 1. The molecule has 1 aliphatic rings. The summed E-state index contributed by atoms with van der Waals surface area (Å²) in [5.74, 6) is -3.20. The van der Waals surface area contributed by atoms with E-state index in [1.54, 1.807) is 0 Å². The predicted molar refractivity (Wildman–Crippen MR) is 111 cm³/mol. The summed E-state index contributed by atoms with van der Waals surface area (Å²) in [6.07, 6.45) is 1.72. The van der Waals surface area contributed by atoms with E-state index in [0.717, 1.165) is 17.8 Å². The zero-order valence-corrected chi connectivity index (χ0v) is 17.4. The van der Waals surface area contributed by atoms with Crippen LogP contribution in [0.1, 0.15) is 28.4 Å². The van der Waals surface area contributed by atoms with Crippen LogP contribution in [-0.2, 0) is 4.74 Å². The number of alkyl halides is 1. The van der Waals surface area contributed by atoms with Gasteiger partial charge in [-0.3, -0.25) is 4.79 Å². The van der Waals surface area contributed by atoms with Gasteiger partial charge in [-0.25, -0.2) is 23.1 Å². The maximum Gasteiger partial charge on any atom is 0.274 e. The van der Waals surface area contributed by atoms with Crippen LogP contribution in [0, 0.1) is 11.6 Å². The summed E-state index contributed by atoms with van der Waals surface area (Å²) in [7, 11) is 1.47. The summed E-state index contributed by atoms with van der Waals surface area (Å²) in [6.45, 7) is -0.799. The van der Waals surface area contributed by atoms with Gasteiger partial charge in [0.1, 0.15) is 5.69 Å². The third-order valence-electron chi connectivity index (χ3n) is 4.59. The Balaban J connectivity index is 1.85. The lowest BCUT2D eigenvalue weighted by molar-refractivity contribution is 0.102. The minimum absolute atomic E-state index is 0.00352. The summed E-state index contributed by atoms with van der Waals surface area (Å²) in [5, 5.41) is 2.86. The number of nitrogens with zero attached hydrogens (tertiary/aromatic N) is 2. The maximum atomic E-state index is 14.6. The molecule has 2 aromatic rings. The zero-order valence-electron chi connectivity index (χ0n) is 15.8. The molecule has 160 valence electrons. The molecule has 6 nitrogen and oxygen atoms in total. The number of rotatable bonds is 7. The number of ether oxygens (including phenoxy) is 1. The van der Waals surface area contributed by atoms with Gasteiger partial charge in [0, 0.05) is 31.0 Å². The molecule has 30 heavy (non-hydrogen) atoms. The fourth-order valence-corrected chi connectivity index (χ4v) is 4.50. The number of hydrogen-bond acceptors (Lipinski definition) is 5.